The molecule has 3 aromatic heterocycles. The molecule has 1 aromatic carbocycles. The minimum absolute atomic E-state index is 0.486. The summed E-state index contributed by atoms with van der Waals surface area (Å²) in [5, 5.41) is 9.87. The Labute approximate surface area is 199 Å². The van der Waals surface area contributed by atoms with E-state index in [2.05, 4.69) is 73.4 Å². The number of aromatic nitrogens is 5. The molecule has 0 amide bonds. The average molecular weight is 453 g/mol. The van der Waals surface area contributed by atoms with E-state index in [9.17, 15) is 0 Å². The van der Waals surface area contributed by atoms with Gasteiger partial charge in [-0.05, 0) is 67.8 Å². The van der Waals surface area contributed by atoms with Crippen molar-refractivity contribution >= 4 is 23.3 Å². The van der Waals surface area contributed by atoms with Crippen molar-refractivity contribution in [3.63, 3.8) is 0 Å². The van der Waals surface area contributed by atoms with Gasteiger partial charge in [0.1, 0.15) is 17.3 Å². The van der Waals surface area contributed by atoms with E-state index in [0.29, 0.717) is 23.4 Å². The van der Waals surface area contributed by atoms with E-state index in [-0.39, 0.29) is 0 Å². The van der Waals surface area contributed by atoms with E-state index in [1.165, 1.54) is 11.1 Å². The molecule has 8 nitrogen and oxygen atoms in total. The zero-order chi connectivity index (χ0) is 23.9. The summed E-state index contributed by atoms with van der Waals surface area (Å²) >= 11 is 0. The van der Waals surface area contributed by atoms with Crippen molar-refractivity contribution < 1.29 is 0 Å². The van der Waals surface area contributed by atoms with Crippen LogP contribution in [0.3, 0.4) is 0 Å². The Kier molecular flexibility index (Phi) is 7.07. The molecule has 4 rings (SSSR count). The second-order valence-corrected chi connectivity index (χ2v) is 7.90. The highest BCUT2D eigenvalue weighted by atomic mass is 15.2. The van der Waals surface area contributed by atoms with Crippen molar-refractivity contribution in [3.05, 3.63) is 90.0 Å². The summed E-state index contributed by atoms with van der Waals surface area (Å²) in [6.07, 6.45) is 4.30. The maximum Gasteiger partial charge on any atom is 0.229 e. The molecule has 3 N–H and O–H groups in total. The van der Waals surface area contributed by atoms with Crippen LogP contribution in [-0.2, 0) is 6.54 Å². The van der Waals surface area contributed by atoms with E-state index in [4.69, 9.17) is 0 Å². The minimum Gasteiger partial charge on any atom is -0.385 e. The van der Waals surface area contributed by atoms with Crippen molar-refractivity contribution in [1.29, 1.82) is 0 Å². The Bertz CT molecular complexity index is 1300. The van der Waals surface area contributed by atoms with Crippen LogP contribution in [0.25, 0.3) is 11.5 Å². The number of anilines is 4. The lowest BCUT2D eigenvalue weighted by molar-refractivity contribution is 0.773. The maximum atomic E-state index is 4.58. The van der Waals surface area contributed by atoms with E-state index < -0.39 is 0 Å². The van der Waals surface area contributed by atoms with Gasteiger partial charge >= 0.3 is 0 Å². The predicted octanol–water partition coefficient (Wildman–Crippen LogP) is 5.45. The van der Waals surface area contributed by atoms with Gasteiger partial charge in [0.25, 0.3) is 0 Å². The first-order chi connectivity index (χ1) is 16.5. The SMILES string of the molecule is C=C(CC)NCc1cc(Nc2nccc(Nc3ccnc(-c4cccc(C)n4)n3)n2)ccc1C. The molecule has 34 heavy (non-hydrogen) atoms. The summed E-state index contributed by atoms with van der Waals surface area (Å²) in [7, 11) is 0. The van der Waals surface area contributed by atoms with Crippen LogP contribution in [0.2, 0.25) is 0 Å². The zero-order valence-corrected chi connectivity index (χ0v) is 19.6. The smallest absolute Gasteiger partial charge is 0.229 e. The molecule has 8 heteroatoms. The van der Waals surface area contributed by atoms with E-state index >= 15 is 0 Å². The van der Waals surface area contributed by atoms with Gasteiger partial charge in [0.2, 0.25) is 5.95 Å². The third-order valence-electron chi connectivity index (χ3n) is 5.25. The number of hydrogen-bond acceptors (Lipinski definition) is 8. The van der Waals surface area contributed by atoms with Crippen molar-refractivity contribution in [1.82, 2.24) is 30.2 Å². The Balaban J connectivity index is 1.48. The summed E-state index contributed by atoms with van der Waals surface area (Å²) < 4.78 is 0. The zero-order valence-electron chi connectivity index (χ0n) is 19.6. The molecule has 4 aromatic rings. The topological polar surface area (TPSA) is 101 Å². The van der Waals surface area contributed by atoms with Crippen LogP contribution in [0.1, 0.15) is 30.2 Å². The second-order valence-electron chi connectivity index (χ2n) is 7.90. The molecule has 0 bridgehead atoms. The normalized spacial score (nSPS) is 10.6. The average Bonchev–Trinajstić information content (AvgIpc) is 2.84. The van der Waals surface area contributed by atoms with E-state index in [0.717, 1.165) is 35.7 Å². The maximum absolute atomic E-state index is 4.58. The Hall–Kier alpha value is -4.33. The lowest BCUT2D eigenvalue weighted by atomic mass is 10.1. The lowest BCUT2D eigenvalue weighted by Gasteiger charge is -2.13. The number of benzene rings is 1. The molecule has 0 radical (unpaired) electrons. The largest absolute Gasteiger partial charge is 0.385 e. The molecule has 0 aliphatic carbocycles. The third kappa shape index (κ3) is 5.92. The van der Waals surface area contributed by atoms with Crippen LogP contribution in [0.15, 0.2) is 73.2 Å². The summed E-state index contributed by atoms with van der Waals surface area (Å²) in [5.74, 6) is 2.28. The molecule has 172 valence electrons. The van der Waals surface area contributed by atoms with Crippen molar-refractivity contribution in [2.24, 2.45) is 0 Å². The van der Waals surface area contributed by atoms with Crippen LogP contribution < -0.4 is 16.0 Å². The van der Waals surface area contributed by atoms with Crippen molar-refractivity contribution in [2.75, 3.05) is 10.6 Å². The first-order valence-electron chi connectivity index (χ1n) is 11.2. The van der Waals surface area contributed by atoms with Crippen LogP contribution in [0, 0.1) is 13.8 Å². The first-order valence-corrected chi connectivity index (χ1v) is 11.2. The Morgan fingerprint density at radius 1 is 0.882 bits per heavy atom. The van der Waals surface area contributed by atoms with Crippen LogP contribution >= 0.6 is 0 Å². The van der Waals surface area contributed by atoms with E-state index in [1.807, 2.05) is 31.2 Å². The molecule has 0 unspecified atom stereocenters. The first kappa shape index (κ1) is 22.8. The molecule has 0 aliphatic heterocycles. The van der Waals surface area contributed by atoms with Crippen molar-refractivity contribution in [3.8, 4) is 11.5 Å². The monoisotopic (exact) mass is 452 g/mol. The van der Waals surface area contributed by atoms with Gasteiger partial charge in [0.15, 0.2) is 5.82 Å². The fraction of sp³-hybridized carbons (Fsp3) is 0.192. The van der Waals surface area contributed by atoms with Gasteiger partial charge in [0.05, 0.1) is 0 Å². The molecule has 0 atom stereocenters. The van der Waals surface area contributed by atoms with Crippen LogP contribution in [0.4, 0.5) is 23.3 Å². The van der Waals surface area contributed by atoms with Gasteiger partial charge in [-0.3, -0.25) is 0 Å². The molecule has 0 spiro atoms. The van der Waals surface area contributed by atoms with Gasteiger partial charge in [-0.15, -0.1) is 0 Å². The minimum atomic E-state index is 0.486. The van der Waals surface area contributed by atoms with Crippen molar-refractivity contribution in [2.45, 2.75) is 33.7 Å². The van der Waals surface area contributed by atoms with Gasteiger partial charge in [-0.25, -0.2) is 19.9 Å². The number of allylic oxidation sites excluding steroid dienone is 1. The lowest BCUT2D eigenvalue weighted by Crippen LogP contribution is -2.12. The molecule has 3 heterocycles. The summed E-state index contributed by atoms with van der Waals surface area (Å²) in [6, 6.07) is 15.5. The number of hydrogen-bond donors (Lipinski definition) is 3. The number of aryl methyl sites for hydroxylation is 2. The van der Waals surface area contributed by atoms with Crippen LogP contribution in [-0.4, -0.2) is 24.9 Å². The molecule has 0 aliphatic rings. The summed E-state index contributed by atoms with van der Waals surface area (Å²) in [5.41, 5.74) is 5.97. The number of nitrogens with zero attached hydrogens (tertiary/aromatic N) is 5. The Morgan fingerprint density at radius 2 is 1.68 bits per heavy atom. The number of nitrogens with one attached hydrogen (secondary N) is 3. The van der Waals surface area contributed by atoms with Gasteiger partial charge in [0, 0.05) is 36.0 Å². The highest BCUT2D eigenvalue weighted by Crippen LogP contribution is 2.21. The second kappa shape index (κ2) is 10.5. The van der Waals surface area contributed by atoms with Gasteiger partial charge in [-0.2, -0.15) is 4.98 Å². The fourth-order valence-electron chi connectivity index (χ4n) is 3.25. The molecule has 0 saturated heterocycles. The van der Waals surface area contributed by atoms with Crippen LogP contribution in [0.5, 0.6) is 0 Å². The van der Waals surface area contributed by atoms with Gasteiger partial charge in [-0.1, -0.05) is 25.6 Å². The van der Waals surface area contributed by atoms with E-state index in [1.54, 1.807) is 24.5 Å². The fourth-order valence-corrected chi connectivity index (χ4v) is 3.25. The number of rotatable bonds is 9. The number of pyridine rings is 1. The summed E-state index contributed by atoms with van der Waals surface area (Å²) in [6.45, 7) is 10.9. The highest BCUT2D eigenvalue weighted by Gasteiger charge is 2.07. The highest BCUT2D eigenvalue weighted by molar-refractivity contribution is 5.60. The Morgan fingerprint density at radius 3 is 2.47 bits per heavy atom. The molecular formula is C26H28N8. The van der Waals surface area contributed by atoms with Gasteiger partial charge < -0.3 is 16.0 Å². The molecular weight excluding hydrogens is 424 g/mol. The quantitative estimate of drug-likeness (QED) is 0.308. The summed E-state index contributed by atoms with van der Waals surface area (Å²) in [4.78, 5) is 22.4. The third-order valence-corrected chi connectivity index (χ3v) is 5.25. The molecule has 0 fully saturated rings. The molecule has 0 saturated carbocycles. The predicted molar refractivity (Wildman–Crippen MR) is 136 cm³/mol. The standard InChI is InChI=1S/C26H28N8/c1-5-18(3)29-16-20-15-21(10-9-17(20)2)31-26-28-14-12-24(34-26)32-23-11-13-27-25(33-23)22-8-6-7-19(4)30-22/h6-15,29H,3,5,16H2,1-2,4H3,(H2,27,28,31,32,33,34).